The average Bonchev–Trinajstić information content (AvgIpc) is 3.19. The topological polar surface area (TPSA) is 97.2 Å². The van der Waals surface area contributed by atoms with Gasteiger partial charge in [-0.3, -0.25) is 9.48 Å². The second-order valence-corrected chi connectivity index (χ2v) is 7.28. The van der Waals surface area contributed by atoms with Crippen LogP contribution < -0.4 is 15.5 Å². The number of carbonyl (C=O) groups is 1. The highest BCUT2D eigenvalue weighted by Gasteiger charge is 2.32. The fourth-order valence-electron chi connectivity index (χ4n) is 3.48. The van der Waals surface area contributed by atoms with Gasteiger partial charge in [-0.25, -0.2) is 9.97 Å². The molecule has 1 aliphatic heterocycles. The van der Waals surface area contributed by atoms with Crippen molar-refractivity contribution < 1.29 is 13.9 Å². The number of aryl methyl sites for hydroxylation is 1. The van der Waals surface area contributed by atoms with Gasteiger partial charge in [0.05, 0.1) is 29.8 Å². The van der Waals surface area contributed by atoms with E-state index in [0.29, 0.717) is 31.2 Å². The lowest BCUT2D eigenvalue weighted by atomic mass is 10.1. The minimum Gasteiger partial charge on any atom is -0.366 e. The molecule has 4 rings (SSSR count). The van der Waals surface area contributed by atoms with Gasteiger partial charge in [-0.15, -0.1) is 0 Å². The van der Waals surface area contributed by atoms with E-state index in [0.717, 1.165) is 22.5 Å². The molecule has 0 aliphatic carbocycles. The molecule has 1 unspecified atom stereocenters. The van der Waals surface area contributed by atoms with Crippen molar-refractivity contribution in [1.29, 1.82) is 0 Å². The molecule has 31 heavy (non-hydrogen) atoms. The number of nitrogens with one attached hydrogen (secondary N) is 2. The van der Waals surface area contributed by atoms with Crippen LogP contribution in [-0.2, 0) is 22.6 Å². The number of halogens is 1. The third-order valence-electron chi connectivity index (χ3n) is 5.00. The molecule has 162 valence electrons. The van der Waals surface area contributed by atoms with E-state index in [1.165, 1.54) is 12.3 Å². The van der Waals surface area contributed by atoms with E-state index in [1.807, 2.05) is 38.1 Å². The zero-order valence-electron chi connectivity index (χ0n) is 17.6. The second kappa shape index (κ2) is 8.68. The van der Waals surface area contributed by atoms with Crippen molar-refractivity contribution >= 4 is 23.1 Å². The summed E-state index contributed by atoms with van der Waals surface area (Å²) < 4.78 is 20.3. The van der Waals surface area contributed by atoms with Crippen LogP contribution in [0.25, 0.3) is 0 Å². The van der Waals surface area contributed by atoms with Gasteiger partial charge >= 0.3 is 0 Å². The molecule has 1 aliphatic rings. The molecule has 0 radical (unpaired) electrons. The summed E-state index contributed by atoms with van der Waals surface area (Å²) in [6.07, 6.45) is 4.51. The van der Waals surface area contributed by atoms with Gasteiger partial charge in [-0.05, 0) is 25.5 Å². The molecule has 0 fully saturated rings. The molecule has 0 saturated heterocycles. The zero-order valence-corrected chi connectivity index (χ0v) is 17.6. The van der Waals surface area contributed by atoms with Gasteiger partial charge in [-0.1, -0.05) is 6.07 Å². The van der Waals surface area contributed by atoms with Crippen molar-refractivity contribution in [3.05, 3.63) is 59.6 Å². The van der Waals surface area contributed by atoms with E-state index in [1.54, 1.807) is 16.9 Å². The lowest BCUT2D eigenvalue weighted by molar-refractivity contribution is -0.127. The Balaban J connectivity index is 1.45. The molecule has 0 bridgehead atoms. The van der Waals surface area contributed by atoms with Crippen molar-refractivity contribution in [2.45, 2.75) is 33.2 Å². The summed E-state index contributed by atoms with van der Waals surface area (Å²) in [5.74, 6) is -0.0176. The molecule has 0 saturated carbocycles. The van der Waals surface area contributed by atoms with Gasteiger partial charge in [0, 0.05) is 44.2 Å². The van der Waals surface area contributed by atoms with Gasteiger partial charge in [0.25, 0.3) is 5.91 Å². The fourth-order valence-corrected chi connectivity index (χ4v) is 3.48. The summed E-state index contributed by atoms with van der Waals surface area (Å²) in [6, 6.07) is 4.91. The number of amides is 1. The molecule has 1 amide bonds. The fraction of sp³-hybridized carbons (Fsp3) is 0.333. The maximum absolute atomic E-state index is 12.9. The minimum absolute atomic E-state index is 0.203. The van der Waals surface area contributed by atoms with Crippen molar-refractivity contribution in [3.63, 3.8) is 0 Å². The number of rotatable bonds is 7. The number of ether oxygens (including phenoxy) is 1. The standard InChI is InChI=1S/C21H24FN7O2/c1-4-31-21-20(30)27-19-13(2)26-18(7-16(19)28(21)3)24-9-15-10-25-29(12-15)11-14-5-6-17(22)23-8-14/h5-8,10,12,21H,4,9,11H2,1-3H3,(H,24,26)(H,27,30). The molecular weight excluding hydrogens is 401 g/mol. The first kappa shape index (κ1) is 20.7. The van der Waals surface area contributed by atoms with Gasteiger partial charge in [0.15, 0.2) is 0 Å². The lowest BCUT2D eigenvalue weighted by Crippen LogP contribution is -2.48. The predicted octanol–water partition coefficient (Wildman–Crippen LogP) is 2.53. The van der Waals surface area contributed by atoms with Crippen molar-refractivity contribution in [3.8, 4) is 0 Å². The zero-order chi connectivity index (χ0) is 22.0. The summed E-state index contributed by atoms with van der Waals surface area (Å²) in [4.78, 5) is 22.3. The van der Waals surface area contributed by atoms with Crippen LogP contribution in [-0.4, -0.2) is 45.5 Å². The number of nitrogens with zero attached hydrogens (tertiary/aromatic N) is 5. The van der Waals surface area contributed by atoms with E-state index < -0.39 is 12.2 Å². The third kappa shape index (κ3) is 4.48. The number of hydrogen-bond donors (Lipinski definition) is 2. The molecule has 0 spiro atoms. The predicted molar refractivity (Wildman–Crippen MR) is 114 cm³/mol. The summed E-state index contributed by atoms with van der Waals surface area (Å²) >= 11 is 0. The molecule has 1 atom stereocenters. The quantitative estimate of drug-likeness (QED) is 0.562. The molecule has 2 N–H and O–H groups in total. The smallest absolute Gasteiger partial charge is 0.274 e. The molecule has 3 aromatic heterocycles. The maximum atomic E-state index is 12.9. The monoisotopic (exact) mass is 425 g/mol. The number of likely N-dealkylation sites (N-methyl/N-ethyl adjacent to an activating group) is 1. The van der Waals surface area contributed by atoms with Crippen LogP contribution in [0.3, 0.4) is 0 Å². The Labute approximate surface area is 179 Å². The van der Waals surface area contributed by atoms with Crippen LogP contribution in [0.4, 0.5) is 21.6 Å². The summed E-state index contributed by atoms with van der Waals surface area (Å²) in [6.45, 7) is 5.18. The van der Waals surface area contributed by atoms with Crippen LogP contribution in [0.1, 0.15) is 23.7 Å². The number of aromatic nitrogens is 4. The second-order valence-electron chi connectivity index (χ2n) is 7.28. The van der Waals surface area contributed by atoms with Crippen LogP contribution in [0, 0.1) is 12.9 Å². The highest BCUT2D eigenvalue weighted by atomic mass is 19.1. The Morgan fingerprint density at radius 2 is 2.13 bits per heavy atom. The van der Waals surface area contributed by atoms with E-state index in [2.05, 4.69) is 25.7 Å². The van der Waals surface area contributed by atoms with Crippen LogP contribution >= 0.6 is 0 Å². The Hall–Kier alpha value is -3.53. The number of anilines is 3. The molecule has 10 heteroatoms. The summed E-state index contributed by atoms with van der Waals surface area (Å²) in [5.41, 5.74) is 4.09. The van der Waals surface area contributed by atoms with Crippen LogP contribution in [0.5, 0.6) is 0 Å². The van der Waals surface area contributed by atoms with Gasteiger partial charge in [0.1, 0.15) is 5.82 Å². The van der Waals surface area contributed by atoms with Gasteiger partial charge in [-0.2, -0.15) is 9.49 Å². The van der Waals surface area contributed by atoms with E-state index in [9.17, 15) is 9.18 Å². The Morgan fingerprint density at radius 3 is 2.87 bits per heavy atom. The normalized spacial score (nSPS) is 15.5. The van der Waals surface area contributed by atoms with Crippen molar-refractivity contribution in [2.75, 3.05) is 29.2 Å². The molecule has 3 aromatic rings. The Morgan fingerprint density at radius 1 is 1.29 bits per heavy atom. The molecule has 0 aromatic carbocycles. The van der Waals surface area contributed by atoms with E-state index in [4.69, 9.17) is 4.74 Å². The van der Waals surface area contributed by atoms with Gasteiger partial charge < -0.3 is 20.3 Å². The largest absolute Gasteiger partial charge is 0.366 e. The summed E-state index contributed by atoms with van der Waals surface area (Å²) in [7, 11) is 1.83. The number of fused-ring (bicyclic) bond motifs is 1. The average molecular weight is 425 g/mol. The van der Waals surface area contributed by atoms with Gasteiger partial charge in [0.2, 0.25) is 12.2 Å². The first-order valence-electron chi connectivity index (χ1n) is 9.97. The Kier molecular flexibility index (Phi) is 5.81. The van der Waals surface area contributed by atoms with Crippen molar-refractivity contribution in [2.24, 2.45) is 0 Å². The molecule has 9 nitrogen and oxygen atoms in total. The molecule has 4 heterocycles. The Bertz CT molecular complexity index is 1080. The minimum atomic E-state index is -0.675. The number of hydrogen-bond acceptors (Lipinski definition) is 7. The van der Waals surface area contributed by atoms with E-state index in [-0.39, 0.29) is 5.91 Å². The SMILES string of the molecule is CCOC1C(=O)Nc2c(cc(NCc3cnn(Cc4ccc(F)nc4)c3)nc2C)N1C. The first-order valence-corrected chi connectivity index (χ1v) is 9.97. The maximum Gasteiger partial charge on any atom is 0.274 e. The van der Waals surface area contributed by atoms with Crippen LogP contribution in [0.2, 0.25) is 0 Å². The summed E-state index contributed by atoms with van der Waals surface area (Å²) in [5, 5.41) is 10.5. The number of pyridine rings is 2. The van der Waals surface area contributed by atoms with E-state index >= 15 is 0 Å². The van der Waals surface area contributed by atoms with Crippen LogP contribution in [0.15, 0.2) is 36.8 Å². The first-order chi connectivity index (χ1) is 14.9. The highest BCUT2D eigenvalue weighted by molar-refractivity contribution is 6.03. The lowest BCUT2D eigenvalue weighted by Gasteiger charge is -2.35. The molecular formula is C21H24FN7O2. The third-order valence-corrected chi connectivity index (χ3v) is 5.00. The van der Waals surface area contributed by atoms with Crippen molar-refractivity contribution in [1.82, 2.24) is 19.7 Å². The number of carbonyl (C=O) groups excluding carboxylic acids is 1. The highest BCUT2D eigenvalue weighted by Crippen LogP contribution is 2.35.